The molecule has 2 aromatic rings. The first kappa shape index (κ1) is 14.4. The van der Waals surface area contributed by atoms with Gasteiger partial charge in [-0.15, -0.1) is 0 Å². The molecular formula is C12H7F3N4O2. The number of nitrogens with one attached hydrogen (secondary N) is 2. The van der Waals surface area contributed by atoms with Crippen molar-refractivity contribution in [3.8, 4) is 0 Å². The lowest BCUT2D eigenvalue weighted by Gasteiger charge is -2.07. The summed E-state index contributed by atoms with van der Waals surface area (Å²) in [7, 11) is 0. The monoisotopic (exact) mass is 296 g/mol. The van der Waals surface area contributed by atoms with Gasteiger partial charge in [-0.3, -0.25) is 14.9 Å². The summed E-state index contributed by atoms with van der Waals surface area (Å²) in [6.45, 7) is 0. The summed E-state index contributed by atoms with van der Waals surface area (Å²) in [5, 5.41) is 3.85. The number of aromatic nitrogens is 2. The molecule has 0 aliphatic rings. The molecule has 0 aliphatic heterocycles. The highest BCUT2D eigenvalue weighted by atomic mass is 19.2. The zero-order valence-corrected chi connectivity index (χ0v) is 10.2. The maximum absolute atomic E-state index is 13.3. The maximum Gasteiger partial charge on any atom is 0.316 e. The Kier molecular flexibility index (Phi) is 4.12. The molecule has 0 fully saturated rings. The van der Waals surface area contributed by atoms with Gasteiger partial charge in [-0.05, 0) is 18.2 Å². The molecule has 0 saturated carbocycles. The van der Waals surface area contributed by atoms with E-state index in [1.165, 1.54) is 18.5 Å². The number of carbonyl (C=O) groups is 2. The third kappa shape index (κ3) is 3.32. The Balaban J connectivity index is 2.08. The van der Waals surface area contributed by atoms with Crippen molar-refractivity contribution in [1.29, 1.82) is 0 Å². The molecule has 9 heteroatoms. The van der Waals surface area contributed by atoms with Crippen LogP contribution in [0.4, 0.5) is 24.8 Å². The van der Waals surface area contributed by atoms with Gasteiger partial charge in [0.1, 0.15) is 0 Å². The molecule has 2 N–H and O–H groups in total. The number of rotatable bonds is 2. The lowest BCUT2D eigenvalue weighted by atomic mass is 10.2. The van der Waals surface area contributed by atoms with Crippen LogP contribution in [-0.2, 0) is 9.59 Å². The SMILES string of the molecule is O=C(Nc1ncccn1)C(=O)Nc1ccc(F)c(F)c1F. The van der Waals surface area contributed by atoms with Crippen molar-refractivity contribution in [2.45, 2.75) is 0 Å². The number of hydrogen-bond donors (Lipinski definition) is 2. The van der Waals surface area contributed by atoms with Gasteiger partial charge < -0.3 is 5.32 Å². The number of nitrogens with zero attached hydrogens (tertiary/aromatic N) is 2. The molecule has 21 heavy (non-hydrogen) atoms. The predicted molar refractivity (Wildman–Crippen MR) is 65.6 cm³/mol. The quantitative estimate of drug-likeness (QED) is 0.649. The lowest BCUT2D eigenvalue weighted by molar-refractivity contribution is -0.133. The van der Waals surface area contributed by atoms with Crippen LogP contribution in [0.25, 0.3) is 0 Å². The van der Waals surface area contributed by atoms with E-state index in [0.717, 1.165) is 6.07 Å². The molecule has 0 bridgehead atoms. The molecular weight excluding hydrogens is 289 g/mol. The Morgan fingerprint density at radius 3 is 2.19 bits per heavy atom. The maximum atomic E-state index is 13.3. The molecule has 108 valence electrons. The molecule has 0 unspecified atom stereocenters. The van der Waals surface area contributed by atoms with Crippen LogP contribution in [0.5, 0.6) is 0 Å². The second-order valence-corrected chi connectivity index (χ2v) is 3.70. The smallest absolute Gasteiger partial charge is 0.315 e. The van der Waals surface area contributed by atoms with E-state index in [0.29, 0.717) is 6.07 Å². The van der Waals surface area contributed by atoms with Crippen molar-refractivity contribution in [2.24, 2.45) is 0 Å². The average Bonchev–Trinajstić information content (AvgIpc) is 2.48. The van der Waals surface area contributed by atoms with Crippen molar-refractivity contribution >= 4 is 23.5 Å². The number of benzene rings is 1. The van der Waals surface area contributed by atoms with Crippen molar-refractivity contribution < 1.29 is 22.8 Å². The van der Waals surface area contributed by atoms with E-state index in [2.05, 4.69) is 9.97 Å². The van der Waals surface area contributed by atoms with Gasteiger partial charge in [0.15, 0.2) is 17.5 Å². The molecule has 1 heterocycles. The van der Waals surface area contributed by atoms with Crippen molar-refractivity contribution in [3.05, 3.63) is 48.0 Å². The molecule has 0 spiro atoms. The van der Waals surface area contributed by atoms with Gasteiger partial charge in [0.05, 0.1) is 5.69 Å². The third-order valence-electron chi connectivity index (χ3n) is 2.28. The fourth-order valence-corrected chi connectivity index (χ4v) is 1.32. The fraction of sp³-hybridized carbons (Fsp3) is 0. The van der Waals surface area contributed by atoms with Gasteiger partial charge in [-0.2, -0.15) is 0 Å². The largest absolute Gasteiger partial charge is 0.316 e. The average molecular weight is 296 g/mol. The number of halogens is 3. The minimum Gasteiger partial charge on any atom is -0.315 e. The first-order valence-corrected chi connectivity index (χ1v) is 5.52. The van der Waals surface area contributed by atoms with Gasteiger partial charge in [-0.25, -0.2) is 23.1 Å². The minimum atomic E-state index is -1.75. The van der Waals surface area contributed by atoms with Crippen molar-refractivity contribution in [2.75, 3.05) is 10.6 Å². The van der Waals surface area contributed by atoms with E-state index in [9.17, 15) is 22.8 Å². The van der Waals surface area contributed by atoms with E-state index in [4.69, 9.17) is 0 Å². The summed E-state index contributed by atoms with van der Waals surface area (Å²) in [5.74, 6) is -7.37. The van der Waals surface area contributed by atoms with Gasteiger partial charge in [0.25, 0.3) is 0 Å². The van der Waals surface area contributed by atoms with Gasteiger partial charge in [0.2, 0.25) is 5.95 Å². The second-order valence-electron chi connectivity index (χ2n) is 3.70. The van der Waals surface area contributed by atoms with E-state index in [1.54, 1.807) is 0 Å². The van der Waals surface area contributed by atoms with Gasteiger partial charge in [-0.1, -0.05) is 0 Å². The molecule has 2 rings (SSSR count). The molecule has 0 radical (unpaired) electrons. The second kappa shape index (κ2) is 5.99. The predicted octanol–water partition coefficient (Wildman–Crippen LogP) is 1.47. The van der Waals surface area contributed by atoms with E-state index < -0.39 is 35.0 Å². The zero-order valence-electron chi connectivity index (χ0n) is 10.2. The van der Waals surface area contributed by atoms with Crippen LogP contribution in [0.2, 0.25) is 0 Å². The summed E-state index contributed by atoms with van der Waals surface area (Å²) in [4.78, 5) is 30.3. The molecule has 2 amide bonds. The highest BCUT2D eigenvalue weighted by molar-refractivity contribution is 6.43. The first-order chi connectivity index (χ1) is 9.99. The number of anilines is 2. The topological polar surface area (TPSA) is 84.0 Å². The number of amides is 2. The highest BCUT2D eigenvalue weighted by Gasteiger charge is 2.19. The van der Waals surface area contributed by atoms with Crippen LogP contribution in [0, 0.1) is 17.5 Å². The van der Waals surface area contributed by atoms with Crippen LogP contribution >= 0.6 is 0 Å². The molecule has 6 nitrogen and oxygen atoms in total. The zero-order chi connectivity index (χ0) is 15.4. The van der Waals surface area contributed by atoms with Crippen LogP contribution in [0.1, 0.15) is 0 Å². The molecule has 0 saturated heterocycles. The summed E-state index contributed by atoms with van der Waals surface area (Å²) in [6.07, 6.45) is 2.66. The third-order valence-corrected chi connectivity index (χ3v) is 2.28. The summed E-state index contributed by atoms with van der Waals surface area (Å²) < 4.78 is 39.0. The molecule has 0 aliphatic carbocycles. The fourth-order valence-electron chi connectivity index (χ4n) is 1.32. The highest BCUT2D eigenvalue weighted by Crippen LogP contribution is 2.19. The van der Waals surface area contributed by atoms with E-state index in [1.807, 2.05) is 10.6 Å². The Labute approximate surface area is 116 Å². The van der Waals surface area contributed by atoms with Crippen molar-refractivity contribution in [3.63, 3.8) is 0 Å². The first-order valence-electron chi connectivity index (χ1n) is 5.52. The van der Waals surface area contributed by atoms with E-state index >= 15 is 0 Å². The molecule has 1 aromatic carbocycles. The van der Waals surface area contributed by atoms with Crippen LogP contribution in [-0.4, -0.2) is 21.8 Å². The number of carbonyl (C=O) groups excluding carboxylic acids is 2. The Bertz CT molecular complexity index is 694. The molecule has 0 atom stereocenters. The lowest BCUT2D eigenvalue weighted by Crippen LogP contribution is -2.30. The van der Waals surface area contributed by atoms with Gasteiger partial charge in [0, 0.05) is 12.4 Å². The minimum absolute atomic E-state index is 0.136. The van der Waals surface area contributed by atoms with Crippen LogP contribution < -0.4 is 10.6 Å². The molecule has 1 aromatic heterocycles. The van der Waals surface area contributed by atoms with E-state index in [-0.39, 0.29) is 5.95 Å². The summed E-state index contributed by atoms with van der Waals surface area (Å²) in [5.41, 5.74) is -0.664. The standard InChI is InChI=1S/C12H7F3N4O2/c13-6-2-3-7(9(15)8(6)14)18-10(20)11(21)19-12-16-4-1-5-17-12/h1-5H,(H,18,20)(H,16,17,19,21). The Morgan fingerprint density at radius 1 is 0.905 bits per heavy atom. The Morgan fingerprint density at radius 2 is 1.52 bits per heavy atom. The van der Waals surface area contributed by atoms with Crippen molar-refractivity contribution in [1.82, 2.24) is 9.97 Å². The Hall–Kier alpha value is -2.97. The van der Waals surface area contributed by atoms with Crippen LogP contribution in [0.15, 0.2) is 30.6 Å². The number of hydrogen-bond acceptors (Lipinski definition) is 4. The van der Waals surface area contributed by atoms with Crippen LogP contribution in [0.3, 0.4) is 0 Å². The summed E-state index contributed by atoms with van der Waals surface area (Å²) >= 11 is 0. The van der Waals surface area contributed by atoms with Gasteiger partial charge >= 0.3 is 11.8 Å². The summed E-state index contributed by atoms with van der Waals surface area (Å²) in [6, 6.07) is 2.90. The normalized spacial score (nSPS) is 10.0.